The third kappa shape index (κ3) is 3.53. The monoisotopic (exact) mass is 200 g/mol. The van der Waals surface area contributed by atoms with Crippen LogP contribution in [0.1, 0.15) is 6.42 Å². The Hall–Kier alpha value is -0.930. The van der Waals surface area contributed by atoms with Crippen LogP contribution in [0.4, 0.5) is 5.69 Å². The molecule has 0 unspecified atom stereocenters. The number of halogens is 1. The highest BCUT2D eigenvalue weighted by Gasteiger charge is 1.97. The fourth-order valence-electron chi connectivity index (χ4n) is 0.941. The van der Waals surface area contributed by atoms with Gasteiger partial charge in [-0.15, -0.1) is 0 Å². The molecule has 0 aliphatic rings. The first-order valence-corrected chi connectivity index (χ1v) is 4.49. The maximum Gasteiger partial charge on any atom is 0.122 e. The standard InChI is InChI=1S/C9H13ClN2O/c10-7-4-8(12)6-9(5-7)13-3-1-2-11/h4-6H,1-3,11-12H2. The van der Waals surface area contributed by atoms with Crippen LogP contribution in [0.5, 0.6) is 5.75 Å². The first-order valence-electron chi connectivity index (χ1n) is 4.11. The van der Waals surface area contributed by atoms with Crippen LogP contribution in [0.25, 0.3) is 0 Å². The molecule has 0 atom stereocenters. The summed E-state index contributed by atoms with van der Waals surface area (Å²) in [5.41, 5.74) is 11.5. The van der Waals surface area contributed by atoms with Gasteiger partial charge in [0.05, 0.1) is 6.61 Å². The summed E-state index contributed by atoms with van der Waals surface area (Å²) in [6.45, 7) is 1.21. The summed E-state index contributed by atoms with van der Waals surface area (Å²) in [6, 6.07) is 5.15. The highest BCUT2D eigenvalue weighted by Crippen LogP contribution is 2.22. The Morgan fingerprint density at radius 2 is 2.08 bits per heavy atom. The summed E-state index contributed by atoms with van der Waals surface area (Å²) in [6.07, 6.45) is 0.826. The van der Waals surface area contributed by atoms with E-state index in [0.717, 1.165) is 6.42 Å². The summed E-state index contributed by atoms with van der Waals surface area (Å²) in [7, 11) is 0. The lowest BCUT2D eigenvalue weighted by atomic mass is 10.3. The van der Waals surface area contributed by atoms with Gasteiger partial charge < -0.3 is 16.2 Å². The minimum absolute atomic E-state index is 0.586. The summed E-state index contributed by atoms with van der Waals surface area (Å²) < 4.78 is 5.36. The van der Waals surface area contributed by atoms with Crippen molar-refractivity contribution in [2.75, 3.05) is 18.9 Å². The number of rotatable bonds is 4. The van der Waals surface area contributed by atoms with Gasteiger partial charge in [0, 0.05) is 16.8 Å². The molecule has 4 heteroatoms. The minimum Gasteiger partial charge on any atom is -0.493 e. The van der Waals surface area contributed by atoms with Crippen molar-refractivity contribution in [3.8, 4) is 5.75 Å². The average molecular weight is 201 g/mol. The Morgan fingerprint density at radius 1 is 1.31 bits per heavy atom. The Balaban J connectivity index is 2.56. The number of benzene rings is 1. The quantitative estimate of drug-likeness (QED) is 0.574. The molecule has 0 spiro atoms. The van der Waals surface area contributed by atoms with Crippen LogP contribution in [0.2, 0.25) is 5.02 Å². The fourth-order valence-corrected chi connectivity index (χ4v) is 1.17. The summed E-state index contributed by atoms with van der Waals surface area (Å²) >= 11 is 5.78. The number of nitrogens with two attached hydrogens (primary N) is 2. The third-order valence-corrected chi connectivity index (χ3v) is 1.73. The molecule has 0 fully saturated rings. The molecule has 1 aromatic carbocycles. The van der Waals surface area contributed by atoms with Crippen LogP contribution in [0.15, 0.2) is 18.2 Å². The molecule has 0 saturated heterocycles. The molecule has 0 amide bonds. The van der Waals surface area contributed by atoms with E-state index in [1.807, 2.05) is 0 Å². The van der Waals surface area contributed by atoms with Gasteiger partial charge in [0.15, 0.2) is 0 Å². The van der Waals surface area contributed by atoms with Crippen molar-refractivity contribution in [3.05, 3.63) is 23.2 Å². The molecule has 3 nitrogen and oxygen atoms in total. The molecule has 0 bridgehead atoms. The molecule has 0 heterocycles. The molecule has 4 N–H and O–H groups in total. The Kier molecular flexibility index (Phi) is 3.86. The van der Waals surface area contributed by atoms with Gasteiger partial charge in [0.1, 0.15) is 5.75 Å². The Morgan fingerprint density at radius 3 is 2.69 bits per heavy atom. The molecule has 72 valence electrons. The minimum atomic E-state index is 0.586. The fraction of sp³-hybridized carbons (Fsp3) is 0.333. The highest BCUT2D eigenvalue weighted by atomic mass is 35.5. The van der Waals surface area contributed by atoms with Gasteiger partial charge in [-0.1, -0.05) is 11.6 Å². The topological polar surface area (TPSA) is 61.3 Å². The van der Waals surface area contributed by atoms with Crippen LogP contribution in [-0.4, -0.2) is 13.2 Å². The molecular formula is C9H13ClN2O. The first-order chi connectivity index (χ1) is 6.22. The molecule has 0 saturated carbocycles. The SMILES string of the molecule is NCCCOc1cc(N)cc(Cl)c1. The van der Waals surface area contributed by atoms with Crippen LogP contribution < -0.4 is 16.2 Å². The van der Waals surface area contributed by atoms with Gasteiger partial charge in [-0.2, -0.15) is 0 Å². The second kappa shape index (κ2) is 4.94. The van der Waals surface area contributed by atoms with Crippen molar-refractivity contribution in [1.82, 2.24) is 0 Å². The van der Waals surface area contributed by atoms with E-state index in [1.54, 1.807) is 18.2 Å². The van der Waals surface area contributed by atoms with Crippen molar-refractivity contribution < 1.29 is 4.74 Å². The summed E-state index contributed by atoms with van der Waals surface area (Å²) in [4.78, 5) is 0. The lowest BCUT2D eigenvalue weighted by Gasteiger charge is -2.06. The number of hydrogen-bond donors (Lipinski definition) is 2. The van der Waals surface area contributed by atoms with E-state index in [2.05, 4.69) is 0 Å². The summed E-state index contributed by atoms with van der Waals surface area (Å²) in [5.74, 6) is 0.693. The highest BCUT2D eigenvalue weighted by molar-refractivity contribution is 6.31. The van der Waals surface area contributed by atoms with E-state index >= 15 is 0 Å². The molecule has 0 aliphatic carbocycles. The Bertz CT molecular complexity index is 258. The number of nitrogen functional groups attached to an aromatic ring is 1. The molecule has 1 rings (SSSR count). The number of anilines is 1. The van der Waals surface area contributed by atoms with E-state index in [1.165, 1.54) is 0 Å². The van der Waals surface area contributed by atoms with Crippen molar-refractivity contribution in [2.45, 2.75) is 6.42 Å². The van der Waals surface area contributed by atoms with E-state index < -0.39 is 0 Å². The van der Waals surface area contributed by atoms with Crippen LogP contribution in [-0.2, 0) is 0 Å². The maximum atomic E-state index is 5.78. The molecule has 1 aromatic rings. The summed E-state index contributed by atoms with van der Waals surface area (Å²) in [5, 5.41) is 0.586. The van der Waals surface area contributed by atoms with Gasteiger partial charge in [-0.3, -0.25) is 0 Å². The number of hydrogen-bond acceptors (Lipinski definition) is 3. The predicted molar refractivity (Wildman–Crippen MR) is 55.0 cm³/mol. The number of ether oxygens (including phenoxy) is 1. The van der Waals surface area contributed by atoms with Crippen molar-refractivity contribution in [2.24, 2.45) is 5.73 Å². The van der Waals surface area contributed by atoms with Crippen molar-refractivity contribution in [3.63, 3.8) is 0 Å². The van der Waals surface area contributed by atoms with E-state index in [0.29, 0.717) is 29.6 Å². The third-order valence-electron chi connectivity index (χ3n) is 1.51. The van der Waals surface area contributed by atoms with Crippen LogP contribution in [0, 0.1) is 0 Å². The lowest BCUT2D eigenvalue weighted by Crippen LogP contribution is -2.06. The van der Waals surface area contributed by atoms with Crippen LogP contribution >= 0.6 is 11.6 Å². The van der Waals surface area contributed by atoms with Gasteiger partial charge in [0.25, 0.3) is 0 Å². The lowest BCUT2D eigenvalue weighted by molar-refractivity contribution is 0.313. The molecule has 0 radical (unpaired) electrons. The van der Waals surface area contributed by atoms with Gasteiger partial charge in [-0.05, 0) is 25.1 Å². The second-order valence-corrected chi connectivity index (χ2v) is 3.15. The second-order valence-electron chi connectivity index (χ2n) is 2.71. The zero-order valence-corrected chi connectivity index (χ0v) is 8.05. The van der Waals surface area contributed by atoms with Gasteiger partial charge >= 0.3 is 0 Å². The molecule has 13 heavy (non-hydrogen) atoms. The normalized spacial score (nSPS) is 10.0. The first kappa shape index (κ1) is 10.2. The maximum absolute atomic E-state index is 5.78. The smallest absolute Gasteiger partial charge is 0.122 e. The largest absolute Gasteiger partial charge is 0.493 e. The van der Waals surface area contributed by atoms with Gasteiger partial charge in [0.2, 0.25) is 0 Å². The zero-order valence-electron chi connectivity index (χ0n) is 7.29. The van der Waals surface area contributed by atoms with E-state index in [9.17, 15) is 0 Å². The van der Waals surface area contributed by atoms with E-state index in [-0.39, 0.29) is 0 Å². The molecule has 0 aliphatic heterocycles. The van der Waals surface area contributed by atoms with Crippen molar-refractivity contribution in [1.29, 1.82) is 0 Å². The predicted octanol–water partition coefficient (Wildman–Crippen LogP) is 1.65. The van der Waals surface area contributed by atoms with Crippen LogP contribution in [0.3, 0.4) is 0 Å². The average Bonchev–Trinajstić information content (AvgIpc) is 2.03. The van der Waals surface area contributed by atoms with E-state index in [4.69, 9.17) is 27.8 Å². The van der Waals surface area contributed by atoms with Gasteiger partial charge in [-0.25, -0.2) is 0 Å². The van der Waals surface area contributed by atoms with Crippen molar-refractivity contribution >= 4 is 17.3 Å². The Labute approximate surface area is 82.6 Å². The molecule has 0 aromatic heterocycles. The molecular weight excluding hydrogens is 188 g/mol. The zero-order chi connectivity index (χ0) is 9.68.